The fourth-order valence-electron chi connectivity index (χ4n) is 3.67. The molecule has 1 aliphatic heterocycles. The fourth-order valence-corrected chi connectivity index (χ4v) is 3.94. The third-order valence-electron chi connectivity index (χ3n) is 5.31. The van der Waals surface area contributed by atoms with Gasteiger partial charge in [0.25, 0.3) is 0 Å². The Morgan fingerprint density at radius 2 is 2.10 bits per heavy atom. The van der Waals surface area contributed by atoms with Crippen molar-refractivity contribution in [3.8, 4) is 5.75 Å². The maximum Gasteiger partial charge on any atom is 0.191 e. The number of hydrogen-bond acceptors (Lipinski definition) is 4. The molecule has 2 aromatic rings. The zero-order valence-corrected chi connectivity index (χ0v) is 18.8. The van der Waals surface area contributed by atoms with E-state index >= 15 is 0 Å². The molecule has 7 nitrogen and oxygen atoms in total. The van der Waals surface area contributed by atoms with Gasteiger partial charge in [0.1, 0.15) is 17.4 Å². The maximum absolute atomic E-state index is 6.33. The molecule has 0 atom stereocenters. The van der Waals surface area contributed by atoms with Crippen LogP contribution in [0.4, 0.5) is 0 Å². The standard InChI is InChI=1S/C22H33ClN6O/c1-3-24-22(26-14-12-17-10-11-18(30-2)16-19(17)23)25-13-7-9-21-28-27-20-8-5-4-6-15-29(20)21/h10-11,16H,3-9,12-15H2,1-2H3,(H2,24,25,26). The number of aliphatic imine (C=N–C) groups is 1. The van der Waals surface area contributed by atoms with E-state index in [1.54, 1.807) is 7.11 Å². The molecule has 1 aromatic carbocycles. The highest BCUT2D eigenvalue weighted by Gasteiger charge is 2.14. The number of guanidine groups is 1. The van der Waals surface area contributed by atoms with E-state index in [2.05, 4.69) is 32.3 Å². The first kappa shape index (κ1) is 22.4. The molecule has 0 radical (unpaired) electrons. The number of aromatic nitrogens is 3. The van der Waals surface area contributed by atoms with Gasteiger partial charge < -0.3 is 19.9 Å². The molecule has 1 aromatic heterocycles. The quantitative estimate of drug-likeness (QED) is 0.361. The fraction of sp³-hybridized carbons (Fsp3) is 0.591. The van der Waals surface area contributed by atoms with Gasteiger partial charge in [-0.05, 0) is 50.3 Å². The highest BCUT2D eigenvalue weighted by Crippen LogP contribution is 2.22. The van der Waals surface area contributed by atoms with Crippen LogP contribution in [0.3, 0.4) is 0 Å². The summed E-state index contributed by atoms with van der Waals surface area (Å²) in [5.41, 5.74) is 1.09. The highest BCUT2D eigenvalue weighted by molar-refractivity contribution is 6.31. The van der Waals surface area contributed by atoms with E-state index in [4.69, 9.17) is 21.3 Å². The average Bonchev–Trinajstić information content (AvgIpc) is 2.98. The van der Waals surface area contributed by atoms with Gasteiger partial charge in [0.05, 0.1) is 7.11 Å². The predicted octanol–water partition coefficient (Wildman–Crippen LogP) is 3.40. The van der Waals surface area contributed by atoms with Crippen LogP contribution in [0, 0.1) is 0 Å². The summed E-state index contributed by atoms with van der Waals surface area (Å²) >= 11 is 6.33. The lowest BCUT2D eigenvalue weighted by molar-refractivity contribution is 0.414. The Morgan fingerprint density at radius 1 is 1.20 bits per heavy atom. The summed E-state index contributed by atoms with van der Waals surface area (Å²) in [4.78, 5) is 4.71. The summed E-state index contributed by atoms with van der Waals surface area (Å²) in [6, 6.07) is 5.79. The van der Waals surface area contributed by atoms with Gasteiger partial charge in [-0.2, -0.15) is 0 Å². The van der Waals surface area contributed by atoms with Crippen molar-refractivity contribution in [1.29, 1.82) is 0 Å². The van der Waals surface area contributed by atoms with Crippen molar-refractivity contribution >= 4 is 17.6 Å². The summed E-state index contributed by atoms with van der Waals surface area (Å²) < 4.78 is 7.52. The predicted molar refractivity (Wildman–Crippen MR) is 122 cm³/mol. The SMILES string of the molecule is CCNC(=NCCCc1nnc2n1CCCCC2)NCCc1ccc(OC)cc1Cl. The van der Waals surface area contributed by atoms with E-state index in [0.717, 1.165) is 85.8 Å². The zero-order valence-electron chi connectivity index (χ0n) is 18.1. The summed E-state index contributed by atoms with van der Waals surface area (Å²) in [5.74, 6) is 3.87. The molecule has 3 rings (SSSR count). The Bertz CT molecular complexity index is 835. The van der Waals surface area contributed by atoms with Crippen LogP contribution in [-0.4, -0.2) is 47.5 Å². The lowest BCUT2D eigenvalue weighted by Crippen LogP contribution is -2.38. The first-order valence-corrected chi connectivity index (χ1v) is 11.3. The van der Waals surface area contributed by atoms with E-state index in [1.807, 2.05) is 18.2 Å². The van der Waals surface area contributed by atoms with Crippen LogP contribution >= 0.6 is 11.6 Å². The van der Waals surface area contributed by atoms with Crippen molar-refractivity contribution in [2.45, 2.75) is 58.4 Å². The molecule has 30 heavy (non-hydrogen) atoms. The smallest absolute Gasteiger partial charge is 0.191 e. The van der Waals surface area contributed by atoms with Gasteiger partial charge in [-0.3, -0.25) is 4.99 Å². The van der Waals surface area contributed by atoms with Crippen molar-refractivity contribution in [3.05, 3.63) is 40.4 Å². The van der Waals surface area contributed by atoms with Crippen LogP contribution in [-0.2, 0) is 25.8 Å². The molecule has 0 amide bonds. The molecule has 0 bridgehead atoms. The average molecular weight is 433 g/mol. The number of nitrogens with zero attached hydrogens (tertiary/aromatic N) is 4. The van der Waals surface area contributed by atoms with Crippen molar-refractivity contribution in [1.82, 2.24) is 25.4 Å². The second-order valence-electron chi connectivity index (χ2n) is 7.49. The molecule has 2 heterocycles. The first-order chi connectivity index (χ1) is 14.7. The third-order valence-corrected chi connectivity index (χ3v) is 5.66. The molecule has 0 fully saturated rings. The van der Waals surface area contributed by atoms with E-state index in [1.165, 1.54) is 19.3 Å². The number of halogens is 1. The number of fused-ring (bicyclic) bond motifs is 1. The van der Waals surface area contributed by atoms with Crippen molar-refractivity contribution in [3.63, 3.8) is 0 Å². The summed E-state index contributed by atoms with van der Waals surface area (Å²) in [6.45, 7) is 5.46. The monoisotopic (exact) mass is 432 g/mol. The van der Waals surface area contributed by atoms with Crippen LogP contribution in [0.1, 0.15) is 49.8 Å². The van der Waals surface area contributed by atoms with Crippen LogP contribution in [0.2, 0.25) is 5.02 Å². The van der Waals surface area contributed by atoms with Gasteiger partial charge in [-0.25, -0.2) is 0 Å². The number of hydrogen-bond donors (Lipinski definition) is 2. The van der Waals surface area contributed by atoms with Gasteiger partial charge in [-0.15, -0.1) is 10.2 Å². The number of aryl methyl sites for hydroxylation is 2. The third kappa shape index (κ3) is 6.36. The summed E-state index contributed by atoms with van der Waals surface area (Å²) in [7, 11) is 1.64. The Labute approximate surface area is 184 Å². The minimum atomic E-state index is 0.727. The number of methoxy groups -OCH3 is 1. The molecular weight excluding hydrogens is 400 g/mol. The minimum absolute atomic E-state index is 0.727. The van der Waals surface area contributed by atoms with E-state index in [0.29, 0.717) is 0 Å². The zero-order chi connectivity index (χ0) is 21.2. The topological polar surface area (TPSA) is 76.4 Å². The minimum Gasteiger partial charge on any atom is -0.497 e. The van der Waals surface area contributed by atoms with Crippen molar-refractivity contribution in [2.24, 2.45) is 4.99 Å². The molecule has 0 aliphatic carbocycles. The molecule has 0 saturated heterocycles. The second-order valence-corrected chi connectivity index (χ2v) is 7.90. The van der Waals surface area contributed by atoms with Gasteiger partial charge in [0.15, 0.2) is 5.96 Å². The van der Waals surface area contributed by atoms with Gasteiger partial charge >= 0.3 is 0 Å². The molecule has 0 spiro atoms. The molecule has 1 aliphatic rings. The highest BCUT2D eigenvalue weighted by atomic mass is 35.5. The van der Waals surface area contributed by atoms with Crippen molar-refractivity contribution in [2.75, 3.05) is 26.7 Å². The maximum atomic E-state index is 6.33. The molecule has 2 N–H and O–H groups in total. The molecule has 0 saturated carbocycles. The number of ether oxygens (including phenoxy) is 1. The molecule has 8 heteroatoms. The van der Waals surface area contributed by atoms with E-state index < -0.39 is 0 Å². The lowest BCUT2D eigenvalue weighted by atomic mass is 10.1. The summed E-state index contributed by atoms with van der Waals surface area (Å²) in [5, 5.41) is 16.2. The van der Waals surface area contributed by atoms with Crippen LogP contribution < -0.4 is 15.4 Å². The first-order valence-electron chi connectivity index (χ1n) is 11.0. The number of rotatable bonds is 9. The Kier molecular flexibility index (Phi) is 8.81. The van der Waals surface area contributed by atoms with Gasteiger partial charge in [0, 0.05) is 44.0 Å². The van der Waals surface area contributed by atoms with E-state index in [-0.39, 0.29) is 0 Å². The van der Waals surface area contributed by atoms with Gasteiger partial charge in [0.2, 0.25) is 0 Å². The van der Waals surface area contributed by atoms with Crippen LogP contribution in [0.25, 0.3) is 0 Å². The molecular formula is C22H33ClN6O. The van der Waals surface area contributed by atoms with E-state index in [9.17, 15) is 0 Å². The normalized spacial score (nSPS) is 14.2. The van der Waals surface area contributed by atoms with Crippen LogP contribution in [0.15, 0.2) is 23.2 Å². The largest absolute Gasteiger partial charge is 0.497 e. The van der Waals surface area contributed by atoms with Gasteiger partial charge in [-0.1, -0.05) is 24.1 Å². The number of nitrogens with one attached hydrogen (secondary N) is 2. The lowest BCUT2D eigenvalue weighted by Gasteiger charge is -2.12. The molecule has 164 valence electrons. The van der Waals surface area contributed by atoms with Crippen molar-refractivity contribution < 1.29 is 4.74 Å². The number of benzene rings is 1. The Hall–Kier alpha value is -2.28. The van der Waals surface area contributed by atoms with Crippen LogP contribution in [0.5, 0.6) is 5.75 Å². The Morgan fingerprint density at radius 3 is 2.90 bits per heavy atom. The summed E-state index contributed by atoms with van der Waals surface area (Å²) in [6.07, 6.45) is 7.48. The second kappa shape index (κ2) is 11.8. The molecule has 0 unspecified atom stereocenters. The Balaban J connectivity index is 1.46.